The molecule has 0 bridgehead atoms. The molecule has 0 atom stereocenters. The number of aryl methyl sites for hydroxylation is 1. The van der Waals surface area contributed by atoms with E-state index in [0.717, 1.165) is 36.8 Å². The molecule has 1 fully saturated rings. The maximum Gasteiger partial charge on any atom is 0.243 e. The average molecular weight is 332 g/mol. The Morgan fingerprint density at radius 1 is 1.09 bits per heavy atom. The van der Waals surface area contributed by atoms with Crippen molar-refractivity contribution in [3.63, 3.8) is 0 Å². The second-order valence-electron chi connectivity index (χ2n) is 6.45. The predicted octanol–water partition coefficient (Wildman–Crippen LogP) is 3.89. The van der Waals surface area contributed by atoms with E-state index in [4.69, 9.17) is 0 Å². The zero-order valence-electron chi connectivity index (χ0n) is 13.8. The Hall–Kier alpha value is -1.46. The number of sulfonamides is 1. The quantitative estimate of drug-likeness (QED) is 0.801. The van der Waals surface area contributed by atoms with Gasteiger partial charge in [-0.15, -0.1) is 0 Å². The van der Waals surface area contributed by atoms with Crippen LogP contribution in [0.4, 0.5) is 0 Å². The second kappa shape index (κ2) is 6.57. The molecule has 23 heavy (non-hydrogen) atoms. The lowest BCUT2D eigenvalue weighted by atomic mass is 10.1. The molecule has 1 aromatic heterocycles. The number of nitrogens with zero attached hydrogens (tertiary/aromatic N) is 2. The van der Waals surface area contributed by atoms with E-state index in [1.165, 1.54) is 12.8 Å². The minimum atomic E-state index is -3.50. The molecule has 1 saturated carbocycles. The highest BCUT2D eigenvalue weighted by molar-refractivity contribution is 7.89. The van der Waals surface area contributed by atoms with Gasteiger partial charge in [0.05, 0.1) is 10.4 Å². The number of benzene rings is 1. The van der Waals surface area contributed by atoms with Crippen molar-refractivity contribution in [2.24, 2.45) is 0 Å². The summed E-state index contributed by atoms with van der Waals surface area (Å²) in [6, 6.07) is 7.33. The SMILES string of the molecule is Cc1ccc(S(=O)(=O)N(C)C2CCCCCC2)c2cccnc12. The van der Waals surface area contributed by atoms with Crippen LogP contribution in [0.25, 0.3) is 10.9 Å². The van der Waals surface area contributed by atoms with Crippen LogP contribution < -0.4 is 0 Å². The van der Waals surface area contributed by atoms with Crippen molar-refractivity contribution in [3.8, 4) is 0 Å². The number of rotatable bonds is 3. The average Bonchev–Trinajstić information content (AvgIpc) is 2.83. The van der Waals surface area contributed by atoms with Crippen LogP contribution >= 0.6 is 0 Å². The molecule has 3 rings (SSSR count). The van der Waals surface area contributed by atoms with Crippen LogP contribution in [0.3, 0.4) is 0 Å². The molecule has 0 radical (unpaired) electrons. The summed E-state index contributed by atoms with van der Waals surface area (Å²) in [5.74, 6) is 0. The van der Waals surface area contributed by atoms with Gasteiger partial charge in [-0.25, -0.2) is 8.42 Å². The molecule has 124 valence electrons. The number of hydrogen-bond acceptors (Lipinski definition) is 3. The van der Waals surface area contributed by atoms with Crippen molar-refractivity contribution in [2.45, 2.75) is 56.4 Å². The number of aromatic nitrogens is 1. The summed E-state index contributed by atoms with van der Waals surface area (Å²) in [5, 5.41) is 0.716. The molecule has 1 aliphatic carbocycles. The van der Waals surface area contributed by atoms with Gasteiger partial charge in [0.15, 0.2) is 0 Å². The van der Waals surface area contributed by atoms with E-state index >= 15 is 0 Å². The molecular weight excluding hydrogens is 308 g/mol. The van der Waals surface area contributed by atoms with E-state index in [1.54, 1.807) is 29.7 Å². The van der Waals surface area contributed by atoms with Crippen molar-refractivity contribution in [3.05, 3.63) is 36.0 Å². The zero-order chi connectivity index (χ0) is 16.4. The van der Waals surface area contributed by atoms with Gasteiger partial charge in [-0.1, -0.05) is 31.7 Å². The number of pyridine rings is 1. The second-order valence-corrected chi connectivity index (χ2v) is 8.41. The third-order valence-electron chi connectivity index (χ3n) is 4.93. The Labute approximate surface area is 138 Å². The Morgan fingerprint density at radius 3 is 2.48 bits per heavy atom. The smallest absolute Gasteiger partial charge is 0.243 e. The molecule has 0 aliphatic heterocycles. The first-order valence-corrected chi connectivity index (χ1v) is 9.78. The van der Waals surface area contributed by atoms with Gasteiger partial charge in [0.2, 0.25) is 10.0 Å². The third-order valence-corrected chi connectivity index (χ3v) is 6.90. The van der Waals surface area contributed by atoms with E-state index < -0.39 is 10.0 Å². The summed E-state index contributed by atoms with van der Waals surface area (Å²) in [4.78, 5) is 4.73. The normalized spacial score (nSPS) is 17.5. The van der Waals surface area contributed by atoms with Gasteiger partial charge < -0.3 is 0 Å². The Morgan fingerprint density at radius 2 is 1.78 bits per heavy atom. The third kappa shape index (κ3) is 3.12. The highest BCUT2D eigenvalue weighted by Crippen LogP contribution is 2.30. The van der Waals surface area contributed by atoms with Crippen LogP contribution in [0, 0.1) is 6.92 Å². The first kappa shape index (κ1) is 16.4. The summed E-state index contributed by atoms with van der Waals surface area (Å²) in [5.41, 5.74) is 1.76. The van der Waals surface area contributed by atoms with Gasteiger partial charge >= 0.3 is 0 Å². The number of fused-ring (bicyclic) bond motifs is 1. The molecule has 5 heteroatoms. The zero-order valence-corrected chi connectivity index (χ0v) is 14.6. The summed E-state index contributed by atoms with van der Waals surface area (Å²) in [6.45, 7) is 1.96. The number of hydrogen-bond donors (Lipinski definition) is 0. The van der Waals surface area contributed by atoms with Gasteiger partial charge in [0, 0.05) is 24.7 Å². The summed E-state index contributed by atoms with van der Waals surface area (Å²) in [7, 11) is -1.78. The van der Waals surface area contributed by atoms with Crippen molar-refractivity contribution < 1.29 is 8.42 Å². The van der Waals surface area contributed by atoms with Gasteiger partial charge in [-0.2, -0.15) is 4.31 Å². The predicted molar refractivity (Wildman–Crippen MR) is 92.9 cm³/mol. The van der Waals surface area contributed by atoms with Crippen molar-refractivity contribution >= 4 is 20.9 Å². The van der Waals surface area contributed by atoms with E-state index in [1.807, 2.05) is 19.1 Å². The van der Waals surface area contributed by atoms with Crippen LogP contribution in [0.5, 0.6) is 0 Å². The molecule has 1 aromatic carbocycles. The lowest BCUT2D eigenvalue weighted by Gasteiger charge is -2.27. The lowest BCUT2D eigenvalue weighted by Crippen LogP contribution is -2.36. The molecule has 4 nitrogen and oxygen atoms in total. The first-order valence-electron chi connectivity index (χ1n) is 8.34. The van der Waals surface area contributed by atoms with Crippen LogP contribution in [-0.4, -0.2) is 30.8 Å². The van der Waals surface area contributed by atoms with Crippen molar-refractivity contribution in [1.29, 1.82) is 0 Å². The van der Waals surface area contributed by atoms with Crippen LogP contribution in [0.1, 0.15) is 44.1 Å². The Balaban J connectivity index is 2.04. The maximum atomic E-state index is 13.2. The largest absolute Gasteiger partial charge is 0.256 e. The Kier molecular flexibility index (Phi) is 4.69. The van der Waals surface area contributed by atoms with E-state index in [9.17, 15) is 8.42 Å². The molecule has 2 aromatic rings. The molecule has 1 aliphatic rings. The molecule has 0 N–H and O–H groups in total. The molecule has 0 saturated heterocycles. The fraction of sp³-hybridized carbons (Fsp3) is 0.500. The van der Waals surface area contributed by atoms with Crippen molar-refractivity contribution in [1.82, 2.24) is 9.29 Å². The van der Waals surface area contributed by atoms with E-state index in [0.29, 0.717) is 10.3 Å². The van der Waals surface area contributed by atoms with Crippen molar-refractivity contribution in [2.75, 3.05) is 7.05 Å². The van der Waals surface area contributed by atoms with Gasteiger partial charge in [-0.3, -0.25) is 4.98 Å². The molecule has 0 amide bonds. The van der Waals surface area contributed by atoms with Crippen LogP contribution in [0.2, 0.25) is 0 Å². The molecule has 1 heterocycles. The van der Waals surface area contributed by atoms with Gasteiger partial charge in [0.1, 0.15) is 0 Å². The fourth-order valence-corrected chi connectivity index (χ4v) is 5.08. The molecular formula is C18H24N2O2S. The minimum Gasteiger partial charge on any atom is -0.256 e. The minimum absolute atomic E-state index is 0.107. The highest BCUT2D eigenvalue weighted by Gasteiger charge is 2.29. The monoisotopic (exact) mass is 332 g/mol. The summed E-state index contributed by atoms with van der Waals surface area (Å²) >= 11 is 0. The lowest BCUT2D eigenvalue weighted by molar-refractivity contribution is 0.336. The summed E-state index contributed by atoms with van der Waals surface area (Å²) < 4.78 is 27.9. The highest BCUT2D eigenvalue weighted by atomic mass is 32.2. The van der Waals surface area contributed by atoms with E-state index in [2.05, 4.69) is 4.98 Å². The summed E-state index contributed by atoms with van der Waals surface area (Å²) in [6.07, 6.45) is 8.27. The Bertz CT molecular complexity index is 794. The molecule has 0 spiro atoms. The van der Waals surface area contributed by atoms with Gasteiger partial charge in [-0.05, 0) is 43.5 Å². The topological polar surface area (TPSA) is 50.3 Å². The van der Waals surface area contributed by atoms with Crippen LogP contribution in [-0.2, 0) is 10.0 Å². The van der Waals surface area contributed by atoms with Gasteiger partial charge in [0.25, 0.3) is 0 Å². The molecule has 0 unspecified atom stereocenters. The standard InChI is InChI=1S/C18H24N2O2S/c1-14-11-12-17(16-10-7-13-19-18(14)16)23(21,22)20(2)15-8-5-3-4-6-9-15/h7,10-13,15H,3-6,8-9H2,1-2H3. The maximum absolute atomic E-state index is 13.2. The van der Waals surface area contributed by atoms with E-state index in [-0.39, 0.29) is 6.04 Å². The fourth-order valence-electron chi connectivity index (χ4n) is 3.49. The first-order chi connectivity index (χ1) is 11.0. The van der Waals surface area contributed by atoms with Crippen LogP contribution in [0.15, 0.2) is 35.4 Å².